The normalized spacial score (nSPS) is 34.4. The van der Waals surface area contributed by atoms with Crippen molar-refractivity contribution in [1.29, 1.82) is 0 Å². The molecule has 5 nitrogen and oxygen atoms in total. The summed E-state index contributed by atoms with van der Waals surface area (Å²) >= 11 is 0. The van der Waals surface area contributed by atoms with Gasteiger partial charge < -0.3 is 10.2 Å². The van der Waals surface area contributed by atoms with Crippen LogP contribution in [-0.2, 0) is 10.1 Å². The van der Waals surface area contributed by atoms with E-state index in [-0.39, 0.29) is 5.76 Å². The van der Waals surface area contributed by atoms with Gasteiger partial charge in [-0.25, -0.2) is 0 Å². The Labute approximate surface area is 75.8 Å². The van der Waals surface area contributed by atoms with Gasteiger partial charge in [-0.3, -0.25) is 4.55 Å². The van der Waals surface area contributed by atoms with Crippen LogP contribution >= 0.6 is 0 Å². The minimum Gasteiger partial charge on any atom is -0.508 e. The van der Waals surface area contributed by atoms with Gasteiger partial charge in [0, 0.05) is 5.92 Å². The van der Waals surface area contributed by atoms with Gasteiger partial charge in [-0.05, 0) is 18.2 Å². The Balaban J connectivity index is 3.18. The number of aliphatic hydroxyl groups is 2. The highest BCUT2D eigenvalue weighted by Crippen LogP contribution is 2.30. The van der Waals surface area contributed by atoms with Crippen molar-refractivity contribution in [2.45, 2.75) is 11.9 Å². The predicted octanol–water partition coefficient (Wildman–Crippen LogP) is 0.211. The summed E-state index contributed by atoms with van der Waals surface area (Å²) < 4.78 is 30.3. The van der Waals surface area contributed by atoms with E-state index in [0.717, 1.165) is 18.2 Å². The van der Waals surface area contributed by atoms with Gasteiger partial charge in [0.15, 0.2) is 0 Å². The Kier molecular flexibility index (Phi) is 2.23. The van der Waals surface area contributed by atoms with Crippen molar-refractivity contribution in [3.05, 3.63) is 24.0 Å². The van der Waals surface area contributed by atoms with E-state index in [0.29, 0.717) is 0 Å². The first-order valence-corrected chi connectivity index (χ1v) is 5.01. The minimum atomic E-state index is -4.58. The molecule has 3 N–H and O–H groups in total. The zero-order valence-corrected chi connectivity index (χ0v) is 7.69. The molecule has 0 radical (unpaired) electrons. The maximum Gasteiger partial charge on any atom is 0.299 e. The summed E-state index contributed by atoms with van der Waals surface area (Å²) in [5.74, 6) is -1.03. The van der Waals surface area contributed by atoms with E-state index in [1.165, 1.54) is 6.92 Å². The molecule has 0 aromatic carbocycles. The molecule has 13 heavy (non-hydrogen) atoms. The van der Waals surface area contributed by atoms with Crippen LogP contribution in [0.4, 0.5) is 0 Å². The lowest BCUT2D eigenvalue weighted by Crippen LogP contribution is -2.43. The maximum absolute atomic E-state index is 10.8. The Hall–Kier alpha value is -0.850. The Bertz CT molecular complexity index is 366. The van der Waals surface area contributed by atoms with Gasteiger partial charge in [0.2, 0.25) is 4.93 Å². The Morgan fingerprint density at radius 2 is 2.08 bits per heavy atom. The summed E-state index contributed by atoms with van der Waals surface area (Å²) in [6.07, 6.45) is 3.02. The van der Waals surface area contributed by atoms with Gasteiger partial charge in [0.1, 0.15) is 5.76 Å². The number of aliphatic hydroxyl groups excluding tert-OH is 1. The van der Waals surface area contributed by atoms with Crippen molar-refractivity contribution in [1.82, 2.24) is 0 Å². The topological polar surface area (TPSA) is 94.8 Å². The molecule has 0 aliphatic heterocycles. The van der Waals surface area contributed by atoms with Gasteiger partial charge in [-0.1, -0.05) is 6.92 Å². The summed E-state index contributed by atoms with van der Waals surface area (Å²) in [4.78, 5) is -2.33. The van der Waals surface area contributed by atoms with E-state index in [4.69, 9.17) is 9.66 Å². The molecule has 74 valence electrons. The van der Waals surface area contributed by atoms with E-state index in [2.05, 4.69) is 0 Å². The second-order valence-electron chi connectivity index (χ2n) is 2.94. The van der Waals surface area contributed by atoms with Crippen LogP contribution in [-0.4, -0.2) is 28.1 Å². The Morgan fingerprint density at radius 3 is 2.46 bits per heavy atom. The lowest BCUT2D eigenvalue weighted by atomic mass is 9.98. The van der Waals surface area contributed by atoms with Crippen LogP contribution in [0.15, 0.2) is 24.0 Å². The van der Waals surface area contributed by atoms with E-state index >= 15 is 0 Å². The zero-order valence-electron chi connectivity index (χ0n) is 6.88. The third kappa shape index (κ3) is 1.60. The summed E-state index contributed by atoms with van der Waals surface area (Å²) in [6, 6.07) is 0. The summed E-state index contributed by atoms with van der Waals surface area (Å²) in [6.45, 7) is 1.37. The lowest BCUT2D eigenvalue weighted by Gasteiger charge is -2.28. The highest BCUT2D eigenvalue weighted by atomic mass is 32.2. The van der Waals surface area contributed by atoms with Crippen LogP contribution in [0.5, 0.6) is 0 Å². The minimum absolute atomic E-state index is 0.138. The zero-order chi connectivity index (χ0) is 10.3. The first-order valence-electron chi connectivity index (χ1n) is 3.57. The Morgan fingerprint density at radius 1 is 1.54 bits per heavy atom. The predicted molar refractivity (Wildman–Crippen MR) is 45.5 cm³/mol. The second kappa shape index (κ2) is 2.83. The molecule has 0 saturated carbocycles. The first kappa shape index (κ1) is 10.2. The van der Waals surface area contributed by atoms with Crippen LogP contribution in [0.1, 0.15) is 6.92 Å². The molecule has 6 heteroatoms. The molecule has 0 heterocycles. The molecule has 1 rings (SSSR count). The highest BCUT2D eigenvalue weighted by molar-refractivity contribution is 7.87. The highest BCUT2D eigenvalue weighted by Gasteiger charge is 2.44. The molecular weight excluding hydrogens is 196 g/mol. The van der Waals surface area contributed by atoms with Gasteiger partial charge in [0.25, 0.3) is 10.1 Å². The van der Waals surface area contributed by atoms with Crippen molar-refractivity contribution in [3.63, 3.8) is 0 Å². The number of hydrogen-bond donors (Lipinski definition) is 3. The molecule has 0 saturated heterocycles. The molecular formula is C7H10O5S. The number of hydrogen-bond acceptors (Lipinski definition) is 4. The standard InChI is InChI=1S/C7H10O5S/c1-5-4-6(8)2-3-7(5,9)13(10,11)12/h2-5,8-9H,1H3,(H,10,11,12). The molecule has 1 aliphatic rings. The average Bonchev–Trinajstić information content (AvgIpc) is 1.95. The maximum atomic E-state index is 10.8. The largest absolute Gasteiger partial charge is 0.508 e. The summed E-state index contributed by atoms with van der Waals surface area (Å²) in [5.41, 5.74) is 0. The number of allylic oxidation sites excluding steroid dienone is 1. The third-order valence-corrected chi connectivity index (χ3v) is 3.31. The van der Waals surface area contributed by atoms with Gasteiger partial charge in [0.05, 0.1) is 0 Å². The fourth-order valence-electron chi connectivity index (χ4n) is 1.11. The third-order valence-electron chi connectivity index (χ3n) is 1.98. The smallest absolute Gasteiger partial charge is 0.299 e. The summed E-state index contributed by atoms with van der Waals surface area (Å²) in [5, 5.41) is 18.5. The van der Waals surface area contributed by atoms with Crippen LogP contribution in [0, 0.1) is 5.92 Å². The fraction of sp³-hybridized carbons (Fsp3) is 0.429. The van der Waals surface area contributed by atoms with Gasteiger partial charge in [-0.2, -0.15) is 8.42 Å². The van der Waals surface area contributed by atoms with E-state index < -0.39 is 21.0 Å². The van der Waals surface area contributed by atoms with Crippen molar-refractivity contribution in [2.75, 3.05) is 0 Å². The second-order valence-corrected chi connectivity index (χ2v) is 4.54. The quantitative estimate of drug-likeness (QED) is 0.533. The molecule has 0 aromatic rings. The molecule has 1 aliphatic carbocycles. The molecule has 0 fully saturated rings. The molecule has 2 unspecified atom stereocenters. The molecule has 0 spiro atoms. The van der Waals surface area contributed by atoms with E-state index in [9.17, 15) is 13.5 Å². The first-order chi connectivity index (χ1) is 5.77. The van der Waals surface area contributed by atoms with Gasteiger partial charge in [-0.15, -0.1) is 0 Å². The van der Waals surface area contributed by atoms with Crippen LogP contribution in [0.2, 0.25) is 0 Å². The van der Waals surface area contributed by atoms with Gasteiger partial charge >= 0.3 is 0 Å². The number of rotatable bonds is 1. The average molecular weight is 206 g/mol. The van der Waals surface area contributed by atoms with E-state index in [1.54, 1.807) is 0 Å². The van der Waals surface area contributed by atoms with Crippen LogP contribution < -0.4 is 0 Å². The fourth-order valence-corrected chi connectivity index (χ4v) is 1.89. The molecule has 0 aromatic heterocycles. The molecule has 2 atom stereocenters. The van der Waals surface area contributed by atoms with Crippen molar-refractivity contribution >= 4 is 10.1 Å². The van der Waals surface area contributed by atoms with Crippen molar-refractivity contribution < 1.29 is 23.2 Å². The van der Waals surface area contributed by atoms with Crippen LogP contribution in [0.3, 0.4) is 0 Å². The van der Waals surface area contributed by atoms with Crippen LogP contribution in [0.25, 0.3) is 0 Å². The monoisotopic (exact) mass is 206 g/mol. The summed E-state index contributed by atoms with van der Waals surface area (Å²) in [7, 11) is -4.58. The lowest BCUT2D eigenvalue weighted by molar-refractivity contribution is 0.120. The van der Waals surface area contributed by atoms with E-state index in [1.807, 2.05) is 0 Å². The SMILES string of the molecule is CC1C=C(O)C=CC1(O)S(=O)(=O)O. The van der Waals surface area contributed by atoms with Crippen molar-refractivity contribution in [2.24, 2.45) is 5.92 Å². The van der Waals surface area contributed by atoms with Crippen molar-refractivity contribution in [3.8, 4) is 0 Å². The molecule has 0 bridgehead atoms. The molecule has 0 amide bonds.